The van der Waals surface area contributed by atoms with Crippen LogP contribution in [0, 0.1) is 0 Å². The van der Waals surface area contributed by atoms with Crippen molar-refractivity contribution in [2.24, 2.45) is 0 Å². The minimum Gasteiger partial charge on any atom is -0.490 e. The topological polar surface area (TPSA) is 76.7 Å². The average molecular weight is 389 g/mol. The summed E-state index contributed by atoms with van der Waals surface area (Å²) in [6, 6.07) is 12.0. The Balaban J connectivity index is 1.41. The molecule has 0 saturated heterocycles. The van der Waals surface area contributed by atoms with E-state index in [9.17, 15) is 9.59 Å². The van der Waals surface area contributed by atoms with Crippen LogP contribution >= 0.6 is 11.6 Å². The fourth-order valence-electron chi connectivity index (χ4n) is 2.62. The van der Waals surface area contributed by atoms with Crippen molar-refractivity contribution in [1.29, 1.82) is 0 Å². The molecule has 2 aromatic rings. The van der Waals surface area contributed by atoms with Crippen molar-refractivity contribution in [3.05, 3.63) is 53.1 Å². The van der Waals surface area contributed by atoms with Gasteiger partial charge in [-0.05, 0) is 42.8 Å². The molecule has 2 aromatic carbocycles. The number of benzene rings is 2. The van der Waals surface area contributed by atoms with Crippen molar-refractivity contribution in [3.63, 3.8) is 0 Å². The molecule has 0 radical (unpaired) electrons. The van der Waals surface area contributed by atoms with E-state index in [2.05, 4.69) is 10.6 Å². The molecule has 1 heterocycles. The molecule has 6 nitrogen and oxygen atoms in total. The molecule has 0 fully saturated rings. The van der Waals surface area contributed by atoms with E-state index in [1.165, 1.54) is 0 Å². The van der Waals surface area contributed by atoms with Gasteiger partial charge < -0.3 is 20.1 Å². The van der Waals surface area contributed by atoms with Crippen LogP contribution in [0.25, 0.3) is 0 Å². The minimum atomic E-state index is -0.185. The molecule has 0 saturated carbocycles. The van der Waals surface area contributed by atoms with Gasteiger partial charge >= 0.3 is 0 Å². The number of ether oxygens (including phenoxy) is 2. The first kappa shape index (κ1) is 19.0. The Bertz CT molecular complexity index is 808. The quantitative estimate of drug-likeness (QED) is 0.740. The van der Waals surface area contributed by atoms with Crippen LogP contribution in [0.15, 0.2) is 42.5 Å². The lowest BCUT2D eigenvalue weighted by atomic mass is 10.2. The van der Waals surface area contributed by atoms with Gasteiger partial charge in [-0.1, -0.05) is 11.6 Å². The molecule has 27 heavy (non-hydrogen) atoms. The molecule has 1 aliphatic rings. The summed E-state index contributed by atoms with van der Waals surface area (Å²) in [5.41, 5.74) is 1.20. The molecule has 2 amide bonds. The Hall–Kier alpha value is -2.73. The first-order valence-electron chi connectivity index (χ1n) is 8.85. The molecule has 0 unspecified atom stereocenters. The van der Waals surface area contributed by atoms with Crippen molar-refractivity contribution in [2.75, 3.05) is 25.1 Å². The first-order valence-corrected chi connectivity index (χ1v) is 9.23. The number of anilines is 1. The summed E-state index contributed by atoms with van der Waals surface area (Å²) in [5.74, 6) is 1.02. The zero-order chi connectivity index (χ0) is 19.1. The highest BCUT2D eigenvalue weighted by Crippen LogP contribution is 2.32. The van der Waals surface area contributed by atoms with Gasteiger partial charge in [0.1, 0.15) is 0 Å². The molecule has 0 spiro atoms. The Morgan fingerprint density at radius 3 is 2.52 bits per heavy atom. The lowest BCUT2D eigenvalue weighted by Crippen LogP contribution is -2.25. The predicted molar refractivity (Wildman–Crippen MR) is 104 cm³/mol. The third-order valence-electron chi connectivity index (χ3n) is 4.00. The third-order valence-corrected chi connectivity index (χ3v) is 4.26. The monoisotopic (exact) mass is 388 g/mol. The molecule has 1 aliphatic heterocycles. The highest BCUT2D eigenvalue weighted by Gasteiger charge is 2.12. The number of nitrogens with one attached hydrogen (secondary N) is 2. The average Bonchev–Trinajstić information content (AvgIpc) is 2.90. The van der Waals surface area contributed by atoms with Gasteiger partial charge in [0.2, 0.25) is 5.91 Å². The Morgan fingerprint density at radius 1 is 1.00 bits per heavy atom. The number of hydrogen-bond acceptors (Lipinski definition) is 4. The van der Waals surface area contributed by atoms with Crippen LogP contribution in [-0.2, 0) is 4.79 Å². The molecule has 0 aliphatic carbocycles. The second kappa shape index (κ2) is 9.28. The van der Waals surface area contributed by atoms with Gasteiger partial charge in [-0.3, -0.25) is 9.59 Å². The maximum Gasteiger partial charge on any atom is 0.251 e. The molecular formula is C20H21ClN2O4. The van der Waals surface area contributed by atoms with Crippen molar-refractivity contribution < 1.29 is 19.1 Å². The zero-order valence-electron chi connectivity index (χ0n) is 14.8. The number of rotatable bonds is 6. The Morgan fingerprint density at radius 2 is 1.74 bits per heavy atom. The molecule has 2 N–H and O–H groups in total. The minimum absolute atomic E-state index is 0.120. The van der Waals surface area contributed by atoms with Crippen molar-refractivity contribution in [2.45, 2.75) is 19.3 Å². The van der Waals surface area contributed by atoms with Crippen LogP contribution in [0.1, 0.15) is 29.6 Å². The van der Waals surface area contributed by atoms with Gasteiger partial charge in [0.15, 0.2) is 11.5 Å². The fraction of sp³-hybridized carbons (Fsp3) is 0.300. The number of fused-ring (bicyclic) bond motifs is 1. The molecule has 0 bridgehead atoms. The van der Waals surface area contributed by atoms with E-state index < -0.39 is 0 Å². The normalized spacial score (nSPS) is 12.8. The van der Waals surface area contributed by atoms with Gasteiger partial charge in [-0.25, -0.2) is 0 Å². The van der Waals surface area contributed by atoms with Crippen LogP contribution in [0.3, 0.4) is 0 Å². The summed E-state index contributed by atoms with van der Waals surface area (Å²) >= 11 is 5.80. The summed E-state index contributed by atoms with van der Waals surface area (Å²) in [4.78, 5) is 24.1. The lowest BCUT2D eigenvalue weighted by Gasteiger charge is -2.10. The summed E-state index contributed by atoms with van der Waals surface area (Å²) < 4.78 is 11.2. The van der Waals surface area contributed by atoms with E-state index in [4.69, 9.17) is 21.1 Å². The largest absolute Gasteiger partial charge is 0.490 e. The zero-order valence-corrected chi connectivity index (χ0v) is 15.6. The second-order valence-corrected chi connectivity index (χ2v) is 6.56. The van der Waals surface area contributed by atoms with E-state index in [0.29, 0.717) is 60.4 Å². The van der Waals surface area contributed by atoms with Crippen molar-refractivity contribution >= 4 is 29.1 Å². The number of carbonyl (C=O) groups excluding carboxylic acids is 2. The fourth-order valence-corrected chi connectivity index (χ4v) is 2.74. The van der Waals surface area contributed by atoms with E-state index >= 15 is 0 Å². The van der Waals surface area contributed by atoms with Crippen LogP contribution in [0.4, 0.5) is 5.69 Å². The third kappa shape index (κ3) is 5.62. The van der Waals surface area contributed by atoms with Crippen LogP contribution in [-0.4, -0.2) is 31.6 Å². The van der Waals surface area contributed by atoms with Gasteiger partial charge in [-0.2, -0.15) is 0 Å². The molecule has 0 aromatic heterocycles. The highest BCUT2D eigenvalue weighted by atomic mass is 35.5. The number of halogens is 1. The molecule has 0 atom stereocenters. The van der Waals surface area contributed by atoms with Crippen LogP contribution < -0.4 is 20.1 Å². The molecule has 142 valence electrons. The first-order chi connectivity index (χ1) is 13.1. The standard InChI is InChI=1S/C20H21ClN2O4/c21-15-6-4-14(5-7-15)20(25)22-10-1-3-19(24)23-16-8-9-17-18(13-16)27-12-2-11-26-17/h4-9,13H,1-3,10-12H2,(H,22,25)(H,23,24). The molecular weight excluding hydrogens is 368 g/mol. The number of hydrogen-bond donors (Lipinski definition) is 2. The van der Waals surface area contributed by atoms with E-state index in [1.807, 2.05) is 0 Å². The van der Waals surface area contributed by atoms with Crippen LogP contribution in [0.2, 0.25) is 5.02 Å². The Labute approximate surface area is 162 Å². The highest BCUT2D eigenvalue weighted by molar-refractivity contribution is 6.30. The van der Waals surface area contributed by atoms with Gasteiger partial charge in [0, 0.05) is 41.7 Å². The number of carbonyl (C=O) groups is 2. The summed E-state index contributed by atoms with van der Waals surface area (Å²) in [7, 11) is 0. The summed E-state index contributed by atoms with van der Waals surface area (Å²) in [5, 5.41) is 6.21. The van der Waals surface area contributed by atoms with E-state index in [1.54, 1.807) is 42.5 Å². The van der Waals surface area contributed by atoms with Gasteiger partial charge in [0.05, 0.1) is 13.2 Å². The van der Waals surface area contributed by atoms with Crippen LogP contribution in [0.5, 0.6) is 11.5 Å². The molecule has 7 heteroatoms. The second-order valence-electron chi connectivity index (χ2n) is 6.13. The Kier molecular flexibility index (Phi) is 6.54. The maximum atomic E-state index is 12.1. The number of amides is 2. The lowest BCUT2D eigenvalue weighted by molar-refractivity contribution is -0.116. The smallest absolute Gasteiger partial charge is 0.251 e. The molecule has 3 rings (SSSR count). The van der Waals surface area contributed by atoms with Gasteiger partial charge in [-0.15, -0.1) is 0 Å². The van der Waals surface area contributed by atoms with E-state index in [0.717, 1.165) is 6.42 Å². The van der Waals surface area contributed by atoms with Crippen molar-refractivity contribution in [3.8, 4) is 11.5 Å². The maximum absolute atomic E-state index is 12.1. The predicted octanol–water partition coefficient (Wildman–Crippen LogP) is 3.65. The summed E-state index contributed by atoms with van der Waals surface area (Å²) in [6.45, 7) is 1.63. The van der Waals surface area contributed by atoms with Crippen molar-refractivity contribution in [1.82, 2.24) is 5.32 Å². The van der Waals surface area contributed by atoms with Gasteiger partial charge in [0.25, 0.3) is 5.91 Å². The van der Waals surface area contributed by atoms with E-state index in [-0.39, 0.29) is 11.8 Å². The SMILES string of the molecule is O=C(CCCNC(=O)c1ccc(Cl)cc1)Nc1ccc2c(c1)OCCCO2. The summed E-state index contributed by atoms with van der Waals surface area (Å²) in [6.07, 6.45) is 1.67.